The number of ether oxygens (including phenoxy) is 7. The van der Waals surface area contributed by atoms with Crippen LogP contribution in [-0.2, 0) is 52.3 Å². The number of allylic oxidation sites excluding steroid dienone is 1. The van der Waals surface area contributed by atoms with Crippen molar-refractivity contribution in [1.29, 1.82) is 0 Å². The molecule has 3 fully saturated rings. The lowest BCUT2D eigenvalue weighted by Gasteiger charge is -2.64. The molecule has 1 saturated heterocycles. The molecule has 18 nitrogen and oxygen atoms in total. The Kier molecular flexibility index (Phi) is 13.6. The van der Waals surface area contributed by atoms with Gasteiger partial charge < -0.3 is 53.8 Å². The Hall–Kier alpha value is -5.07. The quantitative estimate of drug-likeness (QED) is 0.180. The van der Waals surface area contributed by atoms with E-state index in [9.17, 15) is 44.1 Å². The maximum Gasteiger partial charge on any atom is 0.509 e. The van der Waals surface area contributed by atoms with E-state index in [1.807, 2.05) is 0 Å². The van der Waals surface area contributed by atoms with Crippen molar-refractivity contribution in [3.63, 3.8) is 0 Å². The summed E-state index contributed by atoms with van der Waals surface area (Å²) < 4.78 is 42.0. The first-order chi connectivity index (χ1) is 29.1. The van der Waals surface area contributed by atoms with Gasteiger partial charge in [0.2, 0.25) is 11.4 Å². The number of Topliss-reactive ketones (excluding diaryl/α,β-unsaturated/α-hetero) is 1. The van der Waals surface area contributed by atoms with Crippen LogP contribution in [0, 0.1) is 34.5 Å². The van der Waals surface area contributed by atoms with E-state index in [0.29, 0.717) is 0 Å². The summed E-state index contributed by atoms with van der Waals surface area (Å²) in [6.07, 6.45) is -11.8. The zero-order valence-corrected chi connectivity index (χ0v) is 37.8. The molecule has 1 unspecified atom stereocenters. The number of carbonyl (C=O) groups is 7. The molecular formula is C45H61NO17. The molecule has 348 valence electrons. The maximum atomic E-state index is 15.6. The summed E-state index contributed by atoms with van der Waals surface area (Å²) in [5, 5.41) is 37.9. The van der Waals surface area contributed by atoms with Crippen LogP contribution in [0.3, 0.4) is 0 Å². The number of hydrogen-bond donors (Lipinski definition) is 4. The van der Waals surface area contributed by atoms with Crippen molar-refractivity contribution in [2.24, 2.45) is 34.5 Å². The first kappa shape index (κ1) is 49.0. The number of carbonyl (C=O) groups excluding carboxylic acids is 7. The number of amides is 1. The molecule has 1 aromatic rings. The van der Waals surface area contributed by atoms with Gasteiger partial charge in [-0.15, -0.1) is 0 Å². The number of ketones is 1. The van der Waals surface area contributed by atoms with Crippen molar-refractivity contribution in [3.05, 3.63) is 47.2 Å². The van der Waals surface area contributed by atoms with Gasteiger partial charge in [0.15, 0.2) is 24.1 Å². The molecule has 5 rings (SSSR count). The minimum absolute atomic E-state index is 0.0181. The molecule has 1 heterocycles. The van der Waals surface area contributed by atoms with Crippen LogP contribution in [0.15, 0.2) is 41.7 Å². The highest BCUT2D eigenvalue weighted by molar-refractivity contribution is 6.02. The van der Waals surface area contributed by atoms with E-state index in [2.05, 4.69) is 5.32 Å². The molecule has 1 aliphatic heterocycles. The zero-order chi connectivity index (χ0) is 47.4. The van der Waals surface area contributed by atoms with Crippen molar-refractivity contribution >= 4 is 41.9 Å². The Balaban J connectivity index is 1.85. The summed E-state index contributed by atoms with van der Waals surface area (Å²) >= 11 is 0. The minimum atomic E-state index is -2.45. The number of aliphatic hydroxyl groups excluding tert-OH is 3. The maximum absolute atomic E-state index is 15.6. The monoisotopic (exact) mass is 887 g/mol. The van der Waals surface area contributed by atoms with E-state index in [-0.39, 0.29) is 29.9 Å². The van der Waals surface area contributed by atoms with Crippen LogP contribution >= 0.6 is 0 Å². The van der Waals surface area contributed by atoms with E-state index in [0.717, 1.165) is 13.8 Å². The number of rotatable bonds is 11. The first-order valence-electron chi connectivity index (χ1n) is 21.1. The highest BCUT2D eigenvalue weighted by Crippen LogP contribution is 2.66. The highest BCUT2D eigenvalue weighted by atomic mass is 16.8. The second kappa shape index (κ2) is 17.5. The fraction of sp³-hybridized carbons (Fsp3) is 0.667. The molecule has 18 heteroatoms. The van der Waals surface area contributed by atoms with E-state index in [1.54, 1.807) is 59.7 Å². The molecule has 1 aromatic carbocycles. The van der Waals surface area contributed by atoms with Crippen molar-refractivity contribution in [1.82, 2.24) is 5.32 Å². The van der Waals surface area contributed by atoms with Crippen LogP contribution in [0.2, 0.25) is 0 Å². The van der Waals surface area contributed by atoms with Crippen molar-refractivity contribution in [2.45, 2.75) is 149 Å². The Morgan fingerprint density at radius 3 is 2.13 bits per heavy atom. The predicted octanol–water partition coefficient (Wildman–Crippen LogP) is 4.09. The third-order valence-corrected chi connectivity index (χ3v) is 13.1. The van der Waals surface area contributed by atoms with Crippen LogP contribution in [0.5, 0.6) is 0 Å². The molecule has 4 aliphatic rings. The molecule has 12 atom stereocenters. The number of fused-ring (bicyclic) bond motifs is 2. The molecule has 1 amide bonds. The van der Waals surface area contributed by atoms with Gasteiger partial charge in [-0.1, -0.05) is 59.7 Å². The number of aliphatic hydroxyl groups is 3. The van der Waals surface area contributed by atoms with Gasteiger partial charge in [0.05, 0.1) is 35.6 Å². The predicted molar refractivity (Wildman–Crippen MR) is 218 cm³/mol. The van der Waals surface area contributed by atoms with Crippen molar-refractivity contribution in [3.8, 4) is 0 Å². The lowest BCUT2D eigenvalue weighted by molar-refractivity contribution is -0.281. The molecule has 2 saturated carbocycles. The Morgan fingerprint density at radius 1 is 0.968 bits per heavy atom. The van der Waals surface area contributed by atoms with E-state index in [4.69, 9.17) is 33.2 Å². The largest absolute Gasteiger partial charge is 0.509 e. The lowest BCUT2D eigenvalue weighted by Crippen LogP contribution is -2.79. The standard InChI is InChI=1S/C45H61NO17/c1-21(2)18-27(46-39(55)62-41(7,8)9)30(51)38(54)58-31-23(4)29-32(57-24(5)48)34(52)43(12)28(50)19-22(3)44(20-47,61-25(6)49)33(43)36(59-37(53)26-16-14-13-15-17-26)45(42(29,10)11)35(31)60-40(56)63-45/h13-17,21-23,27-28,30-31,33,35-36,47,50-51H,18-20H2,1-12H3,(H,46,55)/t22-,23?,27+,28+,30-,31-,33+,35+,36+,43-,44+,45-/m1/s1. The second-order valence-corrected chi connectivity index (χ2v) is 19.3. The van der Waals surface area contributed by atoms with Crippen molar-refractivity contribution in [2.75, 3.05) is 6.61 Å². The van der Waals surface area contributed by atoms with Crippen LogP contribution in [0.4, 0.5) is 9.59 Å². The molecule has 0 aromatic heterocycles. The summed E-state index contributed by atoms with van der Waals surface area (Å²) in [6.45, 7) is 16.9. The molecule has 2 bridgehead atoms. The second-order valence-electron chi connectivity index (χ2n) is 19.3. The molecule has 4 N–H and O–H groups in total. The molecular weight excluding hydrogens is 826 g/mol. The van der Waals surface area contributed by atoms with Gasteiger partial charge in [-0.25, -0.2) is 19.2 Å². The third kappa shape index (κ3) is 8.53. The number of hydrogen-bond acceptors (Lipinski definition) is 17. The Labute approximate surface area is 366 Å². The topological polar surface area (TPSA) is 257 Å². The van der Waals surface area contributed by atoms with Crippen LogP contribution in [0.1, 0.15) is 106 Å². The molecule has 1 spiro atoms. The lowest BCUT2D eigenvalue weighted by atomic mass is 9.44. The number of esters is 4. The van der Waals surface area contributed by atoms with Crippen LogP contribution < -0.4 is 5.32 Å². The fourth-order valence-electron chi connectivity index (χ4n) is 10.4. The average Bonchev–Trinajstić information content (AvgIpc) is 3.53. The summed E-state index contributed by atoms with van der Waals surface area (Å²) in [7, 11) is 0. The third-order valence-electron chi connectivity index (χ3n) is 13.1. The average molecular weight is 888 g/mol. The zero-order valence-electron chi connectivity index (χ0n) is 37.8. The van der Waals surface area contributed by atoms with Gasteiger partial charge in [-0.05, 0) is 64.2 Å². The van der Waals surface area contributed by atoms with Crippen LogP contribution in [-0.4, -0.2) is 117 Å². The number of benzene rings is 1. The fourth-order valence-corrected chi connectivity index (χ4v) is 10.4. The van der Waals surface area contributed by atoms with Gasteiger partial charge in [-0.3, -0.25) is 14.4 Å². The molecule has 3 aliphatic carbocycles. The van der Waals surface area contributed by atoms with E-state index < -0.39 is 136 Å². The molecule has 63 heavy (non-hydrogen) atoms. The SMILES string of the molecule is CC(=O)OC1=C2C(C)[C@@H](OC(=O)[C@H](O)[C@H](CC(C)C)NC(=O)OC(C)(C)C)[C@@H]3OC(=O)O[C@]3([C@@H](OC(=O)c3ccccc3)[C@@H]3[C@@](CO)(OC(C)=O)[C@H](C)C[C@H](O)[C@@]3(C)C1=O)C2(C)C. The Bertz CT molecular complexity index is 2020. The van der Waals surface area contributed by atoms with Gasteiger partial charge in [0.25, 0.3) is 0 Å². The number of nitrogens with one attached hydrogen (secondary N) is 1. The summed E-state index contributed by atoms with van der Waals surface area (Å²) in [5.41, 5.74) is -9.80. The first-order valence-corrected chi connectivity index (χ1v) is 21.1. The van der Waals surface area contributed by atoms with Gasteiger partial charge in [0.1, 0.15) is 17.3 Å². The highest BCUT2D eigenvalue weighted by Gasteiger charge is 2.81. The normalized spacial score (nSPS) is 33.2. The minimum Gasteiger partial charge on any atom is -0.456 e. The van der Waals surface area contributed by atoms with Crippen molar-refractivity contribution < 1.29 is 82.0 Å². The smallest absolute Gasteiger partial charge is 0.456 e. The van der Waals surface area contributed by atoms with Gasteiger partial charge in [-0.2, -0.15) is 0 Å². The van der Waals surface area contributed by atoms with E-state index >= 15 is 4.79 Å². The molecule has 0 radical (unpaired) electrons. The summed E-state index contributed by atoms with van der Waals surface area (Å²) in [5.74, 6) is -10.2. The van der Waals surface area contributed by atoms with Gasteiger partial charge >= 0.3 is 36.1 Å². The Morgan fingerprint density at radius 2 is 1.59 bits per heavy atom. The number of alkyl carbamates (subject to hydrolysis) is 1. The van der Waals surface area contributed by atoms with Crippen LogP contribution in [0.25, 0.3) is 0 Å². The van der Waals surface area contributed by atoms with E-state index in [1.165, 1.54) is 39.8 Å². The van der Waals surface area contributed by atoms with Gasteiger partial charge in [0, 0.05) is 31.1 Å². The summed E-state index contributed by atoms with van der Waals surface area (Å²) in [6, 6.07) is 6.32. The summed E-state index contributed by atoms with van der Waals surface area (Å²) in [4.78, 5) is 97.5.